The zero-order valence-corrected chi connectivity index (χ0v) is 11.4. The number of hydrogen-bond donors (Lipinski definition) is 0. The van der Waals surface area contributed by atoms with Crippen LogP contribution >= 0.6 is 23.2 Å². The lowest BCUT2D eigenvalue weighted by atomic mass is 10.2. The van der Waals surface area contributed by atoms with E-state index in [1.165, 1.54) is 0 Å². The lowest BCUT2D eigenvalue weighted by molar-refractivity contribution is 0.108. The van der Waals surface area contributed by atoms with Crippen LogP contribution in [-0.4, -0.2) is 5.24 Å². The van der Waals surface area contributed by atoms with Crippen LogP contribution in [0.25, 0.3) is 0 Å². The minimum Gasteiger partial charge on any atom is -0.276 e. The Morgan fingerprint density at radius 2 is 1.37 bits per heavy atom. The third kappa shape index (κ3) is 3.88. The van der Waals surface area contributed by atoms with Gasteiger partial charge in [-0.1, -0.05) is 12.1 Å². The minimum atomic E-state index is -0.486. The first-order valence-corrected chi connectivity index (χ1v) is 6.47. The molecule has 0 aliphatic carbocycles. The first-order valence-electron chi connectivity index (χ1n) is 5.55. The van der Waals surface area contributed by atoms with Crippen molar-refractivity contribution in [1.29, 1.82) is 0 Å². The fourth-order valence-electron chi connectivity index (χ4n) is 1.43. The molecule has 5 heteroatoms. The Labute approximate surface area is 120 Å². The largest absolute Gasteiger partial charge is 0.276 e. The van der Waals surface area contributed by atoms with E-state index in [0.29, 0.717) is 17.1 Å². The van der Waals surface area contributed by atoms with Crippen LogP contribution < -0.4 is 0 Å². The fourth-order valence-corrected chi connectivity index (χ4v) is 1.73. The molecule has 0 unspecified atom stereocenters. The summed E-state index contributed by atoms with van der Waals surface area (Å²) in [6, 6.07) is 14.1. The van der Waals surface area contributed by atoms with Gasteiger partial charge in [-0.05, 0) is 53.6 Å². The quantitative estimate of drug-likeness (QED) is 0.433. The van der Waals surface area contributed by atoms with Crippen molar-refractivity contribution in [1.82, 2.24) is 0 Å². The predicted octanol–water partition coefficient (Wildman–Crippen LogP) is 5.22. The molecule has 3 nitrogen and oxygen atoms in total. The van der Waals surface area contributed by atoms with Gasteiger partial charge in [0, 0.05) is 11.4 Å². The molecule has 0 amide bonds. The molecular weight excluding hydrogens is 283 g/mol. The topological polar surface area (TPSA) is 41.8 Å². The van der Waals surface area contributed by atoms with Crippen LogP contribution in [0.1, 0.15) is 15.9 Å². The van der Waals surface area contributed by atoms with Crippen molar-refractivity contribution in [2.24, 2.45) is 10.2 Å². The van der Waals surface area contributed by atoms with Crippen LogP contribution in [0, 0.1) is 0 Å². The Morgan fingerprint density at radius 1 is 0.895 bits per heavy atom. The molecule has 19 heavy (non-hydrogen) atoms. The number of nitrogens with zero attached hydrogens (tertiary/aromatic N) is 2. The molecule has 0 radical (unpaired) electrons. The summed E-state index contributed by atoms with van der Waals surface area (Å²) < 4.78 is 0. The van der Waals surface area contributed by atoms with Gasteiger partial charge in [0.25, 0.3) is 5.24 Å². The monoisotopic (exact) mass is 292 g/mol. The second-order valence-electron chi connectivity index (χ2n) is 3.82. The molecule has 0 atom stereocenters. The number of rotatable bonds is 4. The van der Waals surface area contributed by atoms with E-state index < -0.39 is 5.24 Å². The molecule has 96 valence electrons. The second kappa shape index (κ2) is 6.45. The van der Waals surface area contributed by atoms with Gasteiger partial charge in [0.2, 0.25) is 0 Å². The Kier molecular flexibility index (Phi) is 4.66. The number of carbonyl (C=O) groups excluding carboxylic acids is 1. The predicted molar refractivity (Wildman–Crippen MR) is 76.8 cm³/mol. The highest BCUT2D eigenvalue weighted by atomic mass is 35.5. The fraction of sp³-hybridized carbons (Fsp3) is 0.0714. The molecule has 0 aliphatic heterocycles. The molecule has 0 bridgehead atoms. The molecule has 2 rings (SSSR count). The van der Waals surface area contributed by atoms with Crippen LogP contribution in [0.5, 0.6) is 0 Å². The SMILES string of the molecule is O=C(Cl)c1ccc(N=Nc2ccc(CCl)cc2)cc1. The third-order valence-corrected chi connectivity index (χ3v) is 2.99. The van der Waals surface area contributed by atoms with Crippen molar-refractivity contribution < 1.29 is 4.79 Å². The van der Waals surface area contributed by atoms with Gasteiger partial charge in [-0.25, -0.2) is 0 Å². The summed E-state index contributed by atoms with van der Waals surface area (Å²) in [6.07, 6.45) is 0. The maximum Gasteiger partial charge on any atom is 0.252 e. The molecule has 0 aliphatic rings. The van der Waals surface area contributed by atoms with Gasteiger partial charge < -0.3 is 0 Å². The summed E-state index contributed by atoms with van der Waals surface area (Å²) in [7, 11) is 0. The van der Waals surface area contributed by atoms with Crippen molar-refractivity contribution in [3.63, 3.8) is 0 Å². The number of alkyl halides is 1. The molecule has 0 aromatic heterocycles. The average Bonchev–Trinajstić information content (AvgIpc) is 2.46. The zero-order chi connectivity index (χ0) is 13.7. The number of benzene rings is 2. The lowest BCUT2D eigenvalue weighted by Crippen LogP contribution is -1.85. The third-order valence-electron chi connectivity index (χ3n) is 2.47. The van der Waals surface area contributed by atoms with E-state index in [0.717, 1.165) is 11.3 Å². The molecule has 0 fully saturated rings. The second-order valence-corrected chi connectivity index (χ2v) is 4.43. The summed E-state index contributed by atoms with van der Waals surface area (Å²) in [5.74, 6) is 0.478. The summed E-state index contributed by atoms with van der Waals surface area (Å²) in [6.45, 7) is 0. The molecule has 2 aromatic carbocycles. The van der Waals surface area contributed by atoms with E-state index in [1.54, 1.807) is 24.3 Å². The summed E-state index contributed by atoms with van der Waals surface area (Å²) in [5.41, 5.74) is 2.87. The molecule has 2 aromatic rings. The standard InChI is InChI=1S/C14H10Cl2N2O/c15-9-10-1-5-12(6-2-10)17-18-13-7-3-11(4-8-13)14(16)19/h1-8H,9H2. The van der Waals surface area contributed by atoms with Crippen molar-refractivity contribution in [3.8, 4) is 0 Å². The van der Waals surface area contributed by atoms with Crippen molar-refractivity contribution >= 4 is 39.8 Å². The number of azo groups is 1. The minimum absolute atomic E-state index is 0.437. The van der Waals surface area contributed by atoms with E-state index in [-0.39, 0.29) is 0 Å². The number of carbonyl (C=O) groups is 1. The van der Waals surface area contributed by atoms with E-state index in [9.17, 15) is 4.79 Å². The smallest absolute Gasteiger partial charge is 0.252 e. The normalized spacial score (nSPS) is 10.8. The van der Waals surface area contributed by atoms with E-state index in [4.69, 9.17) is 23.2 Å². The molecular formula is C14H10Cl2N2O. The van der Waals surface area contributed by atoms with Crippen LogP contribution in [-0.2, 0) is 5.88 Å². The summed E-state index contributed by atoms with van der Waals surface area (Å²) in [5, 5.41) is 7.67. The van der Waals surface area contributed by atoms with E-state index in [1.807, 2.05) is 24.3 Å². The maximum absolute atomic E-state index is 10.9. The Bertz CT molecular complexity index is 592. The van der Waals surface area contributed by atoms with E-state index >= 15 is 0 Å². The Hall–Kier alpha value is -1.71. The van der Waals surface area contributed by atoms with Gasteiger partial charge in [0.05, 0.1) is 11.4 Å². The van der Waals surface area contributed by atoms with Crippen molar-refractivity contribution in [2.75, 3.05) is 0 Å². The number of halogens is 2. The van der Waals surface area contributed by atoms with Gasteiger partial charge in [0.1, 0.15) is 0 Å². The van der Waals surface area contributed by atoms with Gasteiger partial charge in [-0.3, -0.25) is 4.79 Å². The molecule has 0 saturated heterocycles. The first-order chi connectivity index (χ1) is 9.19. The Morgan fingerprint density at radius 3 is 1.79 bits per heavy atom. The molecule has 0 heterocycles. The van der Waals surface area contributed by atoms with Crippen molar-refractivity contribution in [3.05, 3.63) is 59.7 Å². The van der Waals surface area contributed by atoms with Gasteiger partial charge >= 0.3 is 0 Å². The van der Waals surface area contributed by atoms with Gasteiger partial charge in [0.15, 0.2) is 0 Å². The summed E-state index contributed by atoms with van der Waals surface area (Å²) in [4.78, 5) is 10.9. The van der Waals surface area contributed by atoms with E-state index in [2.05, 4.69) is 10.2 Å². The highest BCUT2D eigenvalue weighted by Gasteiger charge is 2.00. The number of hydrogen-bond acceptors (Lipinski definition) is 3. The highest BCUT2D eigenvalue weighted by Crippen LogP contribution is 2.20. The van der Waals surface area contributed by atoms with Crippen LogP contribution in [0.3, 0.4) is 0 Å². The highest BCUT2D eigenvalue weighted by molar-refractivity contribution is 6.67. The Balaban J connectivity index is 2.10. The average molecular weight is 293 g/mol. The molecule has 0 spiro atoms. The van der Waals surface area contributed by atoms with Gasteiger partial charge in [-0.2, -0.15) is 10.2 Å². The maximum atomic E-state index is 10.9. The lowest BCUT2D eigenvalue weighted by Gasteiger charge is -1.96. The van der Waals surface area contributed by atoms with Crippen LogP contribution in [0.15, 0.2) is 58.8 Å². The summed E-state index contributed by atoms with van der Waals surface area (Å²) >= 11 is 11.1. The van der Waals surface area contributed by atoms with Crippen LogP contribution in [0.4, 0.5) is 11.4 Å². The first kappa shape index (κ1) is 13.7. The van der Waals surface area contributed by atoms with Crippen LogP contribution in [0.2, 0.25) is 0 Å². The molecule has 0 N–H and O–H groups in total. The zero-order valence-electron chi connectivity index (χ0n) is 9.88. The molecule has 0 saturated carbocycles. The van der Waals surface area contributed by atoms with Crippen molar-refractivity contribution in [2.45, 2.75) is 5.88 Å². The van der Waals surface area contributed by atoms with Gasteiger partial charge in [-0.15, -0.1) is 11.6 Å².